The van der Waals surface area contributed by atoms with Crippen molar-refractivity contribution < 1.29 is 13.9 Å². The summed E-state index contributed by atoms with van der Waals surface area (Å²) >= 11 is 3.15. The van der Waals surface area contributed by atoms with E-state index in [0.717, 1.165) is 0 Å². The third-order valence-corrected chi connectivity index (χ3v) is 2.47. The van der Waals surface area contributed by atoms with Gasteiger partial charge in [-0.2, -0.15) is 0 Å². The lowest BCUT2D eigenvalue weighted by Crippen LogP contribution is -2.22. The summed E-state index contributed by atoms with van der Waals surface area (Å²) in [6, 6.07) is 4.24. The normalized spacial score (nSPS) is 12.3. The van der Waals surface area contributed by atoms with Gasteiger partial charge in [0, 0.05) is 11.0 Å². The summed E-state index contributed by atoms with van der Waals surface area (Å²) in [7, 11) is 1.28. The molecular formula is C10H11BrFNO2. The maximum absolute atomic E-state index is 13.1. The van der Waals surface area contributed by atoms with Crippen molar-refractivity contribution >= 4 is 21.9 Å². The smallest absolute Gasteiger partial charge is 0.314 e. The molecule has 0 amide bonds. The van der Waals surface area contributed by atoms with E-state index >= 15 is 0 Å². The van der Waals surface area contributed by atoms with Gasteiger partial charge in [-0.25, -0.2) is 4.39 Å². The molecule has 1 rings (SSSR count). The van der Waals surface area contributed by atoms with Crippen molar-refractivity contribution in [2.24, 2.45) is 5.73 Å². The van der Waals surface area contributed by atoms with Crippen LogP contribution in [0.4, 0.5) is 4.39 Å². The number of rotatable bonds is 3. The van der Waals surface area contributed by atoms with Crippen LogP contribution in [0.3, 0.4) is 0 Å². The lowest BCUT2D eigenvalue weighted by Gasteiger charge is -2.12. The molecule has 0 aliphatic rings. The highest BCUT2D eigenvalue weighted by atomic mass is 79.9. The van der Waals surface area contributed by atoms with E-state index < -0.39 is 17.7 Å². The fourth-order valence-electron chi connectivity index (χ4n) is 1.29. The summed E-state index contributed by atoms with van der Waals surface area (Å²) in [6.07, 6.45) is 0. The fourth-order valence-corrected chi connectivity index (χ4v) is 1.77. The Labute approximate surface area is 95.5 Å². The molecule has 1 unspecified atom stereocenters. The number of benzene rings is 1. The van der Waals surface area contributed by atoms with Gasteiger partial charge in [0.05, 0.1) is 13.0 Å². The van der Waals surface area contributed by atoms with Crippen LogP contribution in [0, 0.1) is 5.82 Å². The van der Waals surface area contributed by atoms with Crippen molar-refractivity contribution in [2.75, 3.05) is 13.7 Å². The molecule has 0 aliphatic heterocycles. The standard InChI is InChI=1S/C10H11BrFNO2/c1-15-10(14)9(5-13)6-2-7(11)4-8(12)3-6/h2-4,9H,5,13H2,1H3. The van der Waals surface area contributed by atoms with E-state index in [1.165, 1.54) is 19.2 Å². The Morgan fingerprint density at radius 1 is 1.60 bits per heavy atom. The number of carbonyl (C=O) groups is 1. The van der Waals surface area contributed by atoms with Crippen molar-refractivity contribution in [1.82, 2.24) is 0 Å². The van der Waals surface area contributed by atoms with Crippen LogP contribution < -0.4 is 5.73 Å². The van der Waals surface area contributed by atoms with Crippen LogP contribution in [0.2, 0.25) is 0 Å². The monoisotopic (exact) mass is 275 g/mol. The van der Waals surface area contributed by atoms with E-state index in [1.54, 1.807) is 6.07 Å². The predicted octanol–water partition coefficient (Wildman–Crippen LogP) is 1.80. The van der Waals surface area contributed by atoms with Crippen LogP contribution >= 0.6 is 15.9 Å². The van der Waals surface area contributed by atoms with Crippen LogP contribution in [0.1, 0.15) is 11.5 Å². The summed E-state index contributed by atoms with van der Waals surface area (Å²) in [6.45, 7) is 0.0859. The summed E-state index contributed by atoms with van der Waals surface area (Å²) in [4.78, 5) is 11.3. The fraction of sp³-hybridized carbons (Fsp3) is 0.300. The molecule has 0 bridgehead atoms. The predicted molar refractivity (Wildman–Crippen MR) is 57.9 cm³/mol. The second-order valence-electron chi connectivity index (χ2n) is 3.01. The molecule has 15 heavy (non-hydrogen) atoms. The number of carbonyl (C=O) groups excluding carboxylic acids is 1. The van der Waals surface area contributed by atoms with Crippen LogP contribution in [0.15, 0.2) is 22.7 Å². The minimum atomic E-state index is -0.623. The Kier molecular flexibility index (Phi) is 4.23. The van der Waals surface area contributed by atoms with Gasteiger partial charge in [0.25, 0.3) is 0 Å². The molecule has 2 N–H and O–H groups in total. The molecule has 5 heteroatoms. The van der Waals surface area contributed by atoms with Gasteiger partial charge in [-0.15, -0.1) is 0 Å². The Morgan fingerprint density at radius 3 is 2.73 bits per heavy atom. The van der Waals surface area contributed by atoms with Crippen molar-refractivity contribution in [1.29, 1.82) is 0 Å². The first-order valence-electron chi connectivity index (χ1n) is 4.32. The van der Waals surface area contributed by atoms with Gasteiger partial charge in [-0.1, -0.05) is 15.9 Å². The number of nitrogens with two attached hydrogens (primary N) is 1. The van der Waals surface area contributed by atoms with Crippen LogP contribution in [0.5, 0.6) is 0 Å². The molecule has 0 fully saturated rings. The number of methoxy groups -OCH3 is 1. The third-order valence-electron chi connectivity index (χ3n) is 2.01. The highest BCUT2D eigenvalue weighted by molar-refractivity contribution is 9.10. The Bertz CT molecular complexity index is 350. The number of halogens is 2. The molecule has 0 heterocycles. The van der Waals surface area contributed by atoms with Crippen molar-refractivity contribution in [3.63, 3.8) is 0 Å². The largest absolute Gasteiger partial charge is 0.469 e. The Hall–Kier alpha value is -0.940. The number of ether oxygens (including phenoxy) is 1. The van der Waals surface area contributed by atoms with Crippen LogP contribution in [-0.2, 0) is 9.53 Å². The van der Waals surface area contributed by atoms with E-state index in [0.29, 0.717) is 10.0 Å². The van der Waals surface area contributed by atoms with E-state index in [-0.39, 0.29) is 6.54 Å². The van der Waals surface area contributed by atoms with Gasteiger partial charge in [0.1, 0.15) is 5.82 Å². The molecule has 82 valence electrons. The first kappa shape index (κ1) is 12.1. The molecule has 0 aromatic heterocycles. The second-order valence-corrected chi connectivity index (χ2v) is 3.93. The average molecular weight is 276 g/mol. The summed E-state index contributed by atoms with van der Waals surface area (Å²) in [5, 5.41) is 0. The van der Waals surface area contributed by atoms with Gasteiger partial charge in [-0.3, -0.25) is 4.79 Å². The zero-order valence-electron chi connectivity index (χ0n) is 8.17. The molecule has 1 atom stereocenters. The summed E-state index contributed by atoms with van der Waals surface area (Å²) in [5.74, 6) is -1.50. The van der Waals surface area contributed by atoms with E-state index in [4.69, 9.17) is 5.73 Å². The molecule has 1 aromatic rings. The maximum Gasteiger partial charge on any atom is 0.314 e. The van der Waals surface area contributed by atoms with E-state index in [1.807, 2.05) is 0 Å². The molecular weight excluding hydrogens is 265 g/mol. The minimum absolute atomic E-state index is 0.0859. The van der Waals surface area contributed by atoms with E-state index in [2.05, 4.69) is 20.7 Å². The molecule has 0 saturated carbocycles. The minimum Gasteiger partial charge on any atom is -0.469 e. The first-order valence-corrected chi connectivity index (χ1v) is 5.11. The zero-order valence-corrected chi connectivity index (χ0v) is 9.75. The first-order chi connectivity index (χ1) is 7.08. The van der Waals surface area contributed by atoms with Gasteiger partial charge in [-0.05, 0) is 23.8 Å². The van der Waals surface area contributed by atoms with Crippen molar-refractivity contribution in [3.8, 4) is 0 Å². The van der Waals surface area contributed by atoms with Crippen molar-refractivity contribution in [3.05, 3.63) is 34.1 Å². The molecule has 0 saturated heterocycles. The number of esters is 1. The molecule has 0 radical (unpaired) electrons. The maximum atomic E-state index is 13.1. The van der Waals surface area contributed by atoms with Gasteiger partial charge in [0.15, 0.2) is 0 Å². The molecule has 0 spiro atoms. The number of hydrogen-bond donors (Lipinski definition) is 1. The van der Waals surface area contributed by atoms with Gasteiger partial charge >= 0.3 is 5.97 Å². The van der Waals surface area contributed by atoms with Crippen LogP contribution in [0.25, 0.3) is 0 Å². The lowest BCUT2D eigenvalue weighted by atomic mass is 9.99. The zero-order chi connectivity index (χ0) is 11.4. The van der Waals surface area contributed by atoms with Crippen molar-refractivity contribution in [2.45, 2.75) is 5.92 Å². The molecule has 3 nitrogen and oxygen atoms in total. The average Bonchev–Trinajstić information content (AvgIpc) is 2.17. The second kappa shape index (κ2) is 5.23. The third kappa shape index (κ3) is 3.00. The molecule has 0 aliphatic carbocycles. The van der Waals surface area contributed by atoms with E-state index in [9.17, 15) is 9.18 Å². The molecule has 1 aromatic carbocycles. The van der Waals surface area contributed by atoms with Gasteiger partial charge in [0.2, 0.25) is 0 Å². The Balaban J connectivity index is 3.06. The summed E-state index contributed by atoms with van der Waals surface area (Å²) < 4.78 is 18.2. The Morgan fingerprint density at radius 2 is 2.27 bits per heavy atom. The summed E-state index contributed by atoms with van der Waals surface area (Å²) in [5.41, 5.74) is 5.95. The highest BCUT2D eigenvalue weighted by Crippen LogP contribution is 2.22. The number of hydrogen-bond acceptors (Lipinski definition) is 3. The lowest BCUT2D eigenvalue weighted by molar-refractivity contribution is -0.142. The quantitative estimate of drug-likeness (QED) is 0.856. The van der Waals surface area contributed by atoms with Crippen LogP contribution in [-0.4, -0.2) is 19.6 Å². The highest BCUT2D eigenvalue weighted by Gasteiger charge is 2.20. The van der Waals surface area contributed by atoms with Gasteiger partial charge < -0.3 is 10.5 Å². The SMILES string of the molecule is COC(=O)C(CN)c1cc(F)cc(Br)c1. The topological polar surface area (TPSA) is 52.3 Å².